The molecule has 4 N–H and O–H groups in total. The summed E-state index contributed by atoms with van der Waals surface area (Å²) in [6.45, 7) is 3.46. The summed E-state index contributed by atoms with van der Waals surface area (Å²) >= 11 is 0. The summed E-state index contributed by atoms with van der Waals surface area (Å²) in [6.07, 6.45) is 0. The molecule has 0 fully saturated rings. The van der Waals surface area contributed by atoms with Crippen molar-refractivity contribution < 1.29 is 36.3 Å². The molecule has 3 rings (SSSR count). The molecule has 0 saturated heterocycles. The fraction of sp³-hybridized carbons (Fsp3) is 0.0833. The summed E-state index contributed by atoms with van der Waals surface area (Å²) in [6, 6.07) is 15.9. The first kappa shape index (κ1) is 28.0. The van der Waals surface area contributed by atoms with Crippen molar-refractivity contribution in [3.05, 3.63) is 89.5 Å². The first-order valence-corrected chi connectivity index (χ1v) is 13.7. The first-order valence-electron chi connectivity index (χ1n) is 10.7. The number of hydrogen-bond acceptors (Lipinski definition) is 9. The highest BCUT2D eigenvalue weighted by Crippen LogP contribution is 2.13. The highest BCUT2D eigenvalue weighted by Gasteiger charge is 2.29. The molecule has 0 heterocycles. The lowest BCUT2D eigenvalue weighted by Gasteiger charge is -2.11. The third-order valence-corrected chi connectivity index (χ3v) is 7.67. The Kier molecular flexibility index (Phi) is 8.28. The van der Waals surface area contributed by atoms with Crippen molar-refractivity contribution in [2.75, 3.05) is 5.43 Å². The number of aryl methyl sites for hydroxylation is 2. The molecule has 0 aliphatic rings. The number of amides is 2. The number of nitrogens with one attached hydrogen (secondary N) is 3. The number of carbonyl (C=O) groups excluding carboxylic acids is 2. The third kappa shape index (κ3) is 7.02. The molecule has 0 bridgehead atoms. The van der Waals surface area contributed by atoms with Gasteiger partial charge in [0.2, 0.25) is 5.71 Å². The lowest BCUT2D eigenvalue weighted by atomic mass is 10.2. The smallest absolute Gasteiger partial charge is 0.335 e. The fourth-order valence-corrected chi connectivity index (χ4v) is 4.81. The number of hydrazone groups is 1. The second-order valence-corrected chi connectivity index (χ2v) is 11.3. The number of sulfonamides is 2. The lowest BCUT2D eigenvalue weighted by Crippen LogP contribution is -2.46. The van der Waals surface area contributed by atoms with Crippen molar-refractivity contribution in [2.45, 2.75) is 23.6 Å². The first-order chi connectivity index (χ1) is 17.8. The maximum absolute atomic E-state index is 12.9. The molecule has 198 valence electrons. The van der Waals surface area contributed by atoms with Gasteiger partial charge in [-0.3, -0.25) is 15.0 Å². The second kappa shape index (κ2) is 11.2. The zero-order chi connectivity index (χ0) is 28.1. The van der Waals surface area contributed by atoms with Gasteiger partial charge in [-0.25, -0.2) is 31.1 Å². The van der Waals surface area contributed by atoms with E-state index in [4.69, 9.17) is 5.11 Å². The van der Waals surface area contributed by atoms with Gasteiger partial charge in [0.05, 0.1) is 21.0 Å². The predicted molar refractivity (Wildman–Crippen MR) is 137 cm³/mol. The Labute approximate surface area is 218 Å². The molecule has 2 amide bonds. The molecule has 0 aliphatic carbocycles. The summed E-state index contributed by atoms with van der Waals surface area (Å²) in [5, 5.41) is 12.6. The number of rotatable bonds is 9. The zero-order valence-corrected chi connectivity index (χ0v) is 21.6. The number of benzene rings is 3. The topological polar surface area (TPSA) is 188 Å². The van der Waals surface area contributed by atoms with Gasteiger partial charge in [0.25, 0.3) is 31.9 Å². The van der Waals surface area contributed by atoms with E-state index in [2.05, 4.69) is 10.5 Å². The van der Waals surface area contributed by atoms with Crippen LogP contribution in [0.2, 0.25) is 0 Å². The molecule has 0 spiro atoms. The van der Waals surface area contributed by atoms with Gasteiger partial charge in [-0.15, -0.1) is 0 Å². The molecular formula is C24H22N4O8S2. The van der Waals surface area contributed by atoms with Gasteiger partial charge in [0.1, 0.15) is 0 Å². The maximum Gasteiger partial charge on any atom is 0.335 e. The van der Waals surface area contributed by atoms with E-state index in [9.17, 15) is 31.2 Å². The van der Waals surface area contributed by atoms with Crippen LogP contribution < -0.4 is 14.9 Å². The van der Waals surface area contributed by atoms with Gasteiger partial charge in [0.15, 0.2) is 0 Å². The number of carboxylic acids is 1. The minimum absolute atomic E-state index is 0.0522. The number of carbonyl (C=O) groups is 3. The van der Waals surface area contributed by atoms with Crippen LogP contribution in [0.5, 0.6) is 0 Å². The van der Waals surface area contributed by atoms with Crippen LogP contribution in [-0.4, -0.2) is 45.4 Å². The van der Waals surface area contributed by atoms with Gasteiger partial charge in [0, 0.05) is 0 Å². The molecule has 0 aliphatic heterocycles. The van der Waals surface area contributed by atoms with Crippen LogP contribution in [0.15, 0.2) is 87.7 Å². The molecule has 0 atom stereocenters. The van der Waals surface area contributed by atoms with Gasteiger partial charge < -0.3 is 5.11 Å². The molecular weight excluding hydrogens is 536 g/mol. The van der Waals surface area contributed by atoms with Crippen molar-refractivity contribution in [2.24, 2.45) is 5.10 Å². The summed E-state index contributed by atoms with van der Waals surface area (Å²) in [7, 11) is -8.91. The van der Waals surface area contributed by atoms with E-state index in [0.29, 0.717) is 0 Å². The molecule has 0 radical (unpaired) electrons. The largest absolute Gasteiger partial charge is 0.478 e. The molecule has 38 heavy (non-hydrogen) atoms. The Bertz CT molecular complexity index is 1520. The van der Waals surface area contributed by atoms with Crippen LogP contribution in [0.3, 0.4) is 0 Å². The van der Waals surface area contributed by atoms with Gasteiger partial charge in [-0.2, -0.15) is 5.10 Å². The van der Waals surface area contributed by atoms with Crippen LogP contribution in [-0.2, 0) is 29.6 Å². The van der Waals surface area contributed by atoms with Gasteiger partial charge >= 0.3 is 5.97 Å². The Hall–Kier alpha value is -4.56. The van der Waals surface area contributed by atoms with E-state index in [0.717, 1.165) is 11.1 Å². The SMILES string of the molecule is Cc1ccc(S(=O)(=O)NC(=O)C(=NNc2ccc(C(=O)O)cc2)C(=O)NS(=O)(=O)c2ccc(C)cc2)cc1. The lowest BCUT2D eigenvalue weighted by molar-refractivity contribution is -0.117. The maximum atomic E-state index is 12.9. The van der Waals surface area contributed by atoms with Crippen LogP contribution in [0.25, 0.3) is 0 Å². The Morgan fingerprint density at radius 2 is 1.05 bits per heavy atom. The van der Waals surface area contributed by atoms with E-state index in [1.54, 1.807) is 23.3 Å². The molecule has 0 saturated carbocycles. The predicted octanol–water partition coefficient (Wildman–Crippen LogP) is 1.78. The molecule has 12 nitrogen and oxygen atoms in total. The number of carboxylic acid groups (broad SMARTS) is 1. The second-order valence-electron chi connectivity index (χ2n) is 7.95. The molecule has 0 aromatic heterocycles. The fourth-order valence-electron chi connectivity index (χ4n) is 2.91. The van der Waals surface area contributed by atoms with Crippen molar-refractivity contribution in [3.63, 3.8) is 0 Å². The van der Waals surface area contributed by atoms with Crippen LogP contribution in [0.1, 0.15) is 21.5 Å². The van der Waals surface area contributed by atoms with Crippen LogP contribution in [0.4, 0.5) is 5.69 Å². The van der Waals surface area contributed by atoms with Crippen molar-refractivity contribution in [3.8, 4) is 0 Å². The van der Waals surface area contributed by atoms with Gasteiger partial charge in [-0.05, 0) is 62.4 Å². The Morgan fingerprint density at radius 3 is 1.42 bits per heavy atom. The third-order valence-electron chi connectivity index (χ3n) is 4.98. The number of nitrogens with zero attached hydrogens (tertiary/aromatic N) is 1. The summed E-state index contributed by atoms with van der Waals surface area (Å²) in [5.41, 5.74) is 2.79. The summed E-state index contributed by atoms with van der Waals surface area (Å²) < 4.78 is 54.1. The number of anilines is 1. The number of hydrogen-bond donors (Lipinski definition) is 4. The van der Waals surface area contributed by atoms with Crippen LogP contribution >= 0.6 is 0 Å². The van der Waals surface area contributed by atoms with E-state index in [1.807, 2.05) is 0 Å². The van der Waals surface area contributed by atoms with Gasteiger partial charge in [-0.1, -0.05) is 35.4 Å². The molecule has 14 heteroatoms. The van der Waals surface area contributed by atoms with Crippen molar-refractivity contribution in [1.82, 2.24) is 9.44 Å². The van der Waals surface area contributed by atoms with E-state index in [1.165, 1.54) is 72.8 Å². The van der Waals surface area contributed by atoms with Crippen LogP contribution in [0, 0.1) is 13.8 Å². The standard InChI is InChI=1S/C24H22N4O8S2/c1-15-3-11-19(12-4-15)37(33,34)27-22(29)21(26-25-18-9-7-17(8-10-18)24(31)32)23(30)28-38(35,36)20-13-5-16(2)6-14-20/h3-14,25H,1-2H3,(H,27,29)(H,28,30)(H,31,32). The Morgan fingerprint density at radius 1 is 0.658 bits per heavy atom. The van der Waals surface area contributed by atoms with Crippen molar-refractivity contribution in [1.29, 1.82) is 0 Å². The quantitative estimate of drug-likeness (QED) is 0.172. The number of aromatic carboxylic acids is 1. The average Bonchev–Trinajstić information content (AvgIpc) is 2.84. The Balaban J connectivity index is 1.92. The van der Waals surface area contributed by atoms with E-state index in [-0.39, 0.29) is 21.0 Å². The normalized spacial score (nSPS) is 11.2. The highest BCUT2D eigenvalue weighted by molar-refractivity contribution is 7.90. The highest BCUT2D eigenvalue weighted by atomic mass is 32.2. The summed E-state index contributed by atoms with van der Waals surface area (Å²) in [5.74, 6) is -4.23. The zero-order valence-electron chi connectivity index (χ0n) is 20.0. The molecule has 3 aromatic rings. The summed E-state index contributed by atoms with van der Waals surface area (Å²) in [4.78, 5) is 36.2. The minimum atomic E-state index is -4.46. The van der Waals surface area contributed by atoms with Crippen molar-refractivity contribution >= 4 is 49.2 Å². The monoisotopic (exact) mass is 558 g/mol. The minimum Gasteiger partial charge on any atom is -0.478 e. The molecule has 0 unspecified atom stereocenters. The van der Waals surface area contributed by atoms with E-state index >= 15 is 0 Å². The van der Waals surface area contributed by atoms with E-state index < -0.39 is 43.5 Å². The molecule has 3 aromatic carbocycles. The average molecular weight is 559 g/mol.